The Balaban J connectivity index is 1.59. The summed E-state index contributed by atoms with van der Waals surface area (Å²) in [5.74, 6) is 1.06. The van der Waals surface area contributed by atoms with Gasteiger partial charge in [0.05, 0.1) is 17.3 Å². The fraction of sp³-hybridized carbons (Fsp3) is 0.280. The summed E-state index contributed by atoms with van der Waals surface area (Å²) in [7, 11) is 0. The van der Waals surface area contributed by atoms with Gasteiger partial charge in [-0.1, -0.05) is 61.9 Å². The third-order valence-corrected chi connectivity index (χ3v) is 6.20. The highest BCUT2D eigenvalue weighted by Gasteiger charge is 2.26. The minimum absolute atomic E-state index is 0.0286. The van der Waals surface area contributed by atoms with Crippen molar-refractivity contribution < 1.29 is 0 Å². The molecule has 1 aliphatic rings. The summed E-state index contributed by atoms with van der Waals surface area (Å²) < 4.78 is 1.71. The Labute approximate surface area is 191 Å². The third-order valence-electron chi connectivity index (χ3n) is 6.20. The Kier molecular flexibility index (Phi) is 5.42. The summed E-state index contributed by atoms with van der Waals surface area (Å²) in [6.07, 6.45) is 2.75. The van der Waals surface area contributed by atoms with Crippen molar-refractivity contribution in [2.75, 3.05) is 0 Å². The number of nitrogens with one attached hydrogen (secondary N) is 1. The van der Waals surface area contributed by atoms with Gasteiger partial charge in [0.1, 0.15) is 0 Å². The maximum absolute atomic E-state index is 13.6. The largest absolute Gasteiger partial charge is 0.268 e. The number of aromatic amines is 1. The monoisotopic (exact) mass is 439 g/mol. The van der Waals surface area contributed by atoms with Gasteiger partial charge in [-0.15, -0.1) is 10.2 Å². The molecule has 3 heterocycles. The van der Waals surface area contributed by atoms with Gasteiger partial charge in [-0.25, -0.2) is 9.98 Å². The van der Waals surface area contributed by atoms with Gasteiger partial charge in [-0.05, 0) is 48.6 Å². The molecule has 0 saturated carbocycles. The zero-order chi connectivity index (χ0) is 22.9. The summed E-state index contributed by atoms with van der Waals surface area (Å²) in [4.78, 5) is 22.9. The number of rotatable bonds is 6. The molecule has 0 radical (unpaired) electrons. The summed E-state index contributed by atoms with van der Waals surface area (Å²) in [6.45, 7) is 6.08. The third kappa shape index (κ3) is 3.67. The molecule has 2 aromatic heterocycles. The Morgan fingerprint density at radius 2 is 1.76 bits per heavy atom. The van der Waals surface area contributed by atoms with Crippen molar-refractivity contribution in [3.63, 3.8) is 0 Å². The number of aliphatic imine (C=N–C) groups is 1. The van der Waals surface area contributed by atoms with Crippen LogP contribution in [-0.2, 0) is 6.42 Å². The van der Waals surface area contributed by atoms with Crippen LogP contribution in [0.25, 0.3) is 33.6 Å². The highest BCUT2D eigenvalue weighted by Crippen LogP contribution is 2.33. The van der Waals surface area contributed by atoms with Crippen LogP contribution in [0.2, 0.25) is 0 Å². The van der Waals surface area contributed by atoms with Crippen molar-refractivity contribution in [3.8, 4) is 33.6 Å². The van der Waals surface area contributed by atoms with E-state index < -0.39 is 0 Å². The molecule has 1 atom stereocenters. The van der Waals surface area contributed by atoms with Crippen LogP contribution < -0.4 is 5.56 Å². The Morgan fingerprint density at radius 3 is 2.45 bits per heavy atom. The van der Waals surface area contributed by atoms with Crippen LogP contribution in [0.5, 0.6) is 0 Å². The van der Waals surface area contributed by atoms with Crippen molar-refractivity contribution in [2.24, 2.45) is 4.99 Å². The predicted molar refractivity (Wildman–Crippen MR) is 129 cm³/mol. The van der Waals surface area contributed by atoms with E-state index >= 15 is 0 Å². The van der Waals surface area contributed by atoms with Crippen molar-refractivity contribution >= 4 is 11.7 Å². The maximum atomic E-state index is 13.6. The molecule has 2 aromatic carbocycles. The van der Waals surface area contributed by atoms with Crippen LogP contribution in [0.15, 0.2) is 58.3 Å². The fourth-order valence-corrected chi connectivity index (χ4v) is 4.27. The lowest BCUT2D eigenvalue weighted by atomic mass is 9.95. The van der Waals surface area contributed by atoms with E-state index in [9.17, 15) is 4.79 Å². The van der Waals surface area contributed by atoms with Crippen LogP contribution in [0.1, 0.15) is 45.3 Å². The van der Waals surface area contributed by atoms with Gasteiger partial charge < -0.3 is 0 Å². The molecule has 0 saturated heterocycles. The molecule has 0 aliphatic carbocycles. The molecule has 0 amide bonds. The van der Waals surface area contributed by atoms with Gasteiger partial charge in [0, 0.05) is 11.3 Å². The second-order valence-corrected chi connectivity index (χ2v) is 8.30. The number of fused-ring (bicyclic) bond motifs is 1. The van der Waals surface area contributed by atoms with E-state index in [0.29, 0.717) is 17.3 Å². The number of hydrogen-bond acceptors (Lipinski definition) is 6. The molecule has 1 unspecified atom stereocenters. The zero-order valence-electron chi connectivity index (χ0n) is 18.9. The minimum Gasteiger partial charge on any atom is -0.268 e. The van der Waals surface area contributed by atoms with Gasteiger partial charge >= 0.3 is 0 Å². The standard InChI is InChI=1S/C25H25N7O/c1-4-5-10-21-22(24(33)32-16(3)15(2)26-25(32)27-21)18-13-11-17(12-14-18)19-8-6-7-9-20(19)23-28-30-31-29-23/h6-9,11-14,16H,4-5,10H2,1-3H3,(H,28,29,30,31). The molecule has 166 valence electrons. The van der Waals surface area contributed by atoms with E-state index in [1.807, 2.05) is 62.4 Å². The first-order valence-corrected chi connectivity index (χ1v) is 11.2. The average molecular weight is 440 g/mol. The Morgan fingerprint density at radius 1 is 1.03 bits per heavy atom. The molecule has 1 N–H and O–H groups in total. The van der Waals surface area contributed by atoms with Crippen molar-refractivity contribution in [3.05, 3.63) is 64.6 Å². The average Bonchev–Trinajstić information content (AvgIpc) is 3.46. The summed E-state index contributed by atoms with van der Waals surface area (Å²) in [6, 6.07) is 15.9. The van der Waals surface area contributed by atoms with Crippen LogP contribution in [0.4, 0.5) is 5.95 Å². The van der Waals surface area contributed by atoms with Crippen LogP contribution in [0.3, 0.4) is 0 Å². The number of aryl methyl sites for hydroxylation is 1. The number of nitrogens with zero attached hydrogens (tertiary/aromatic N) is 6. The second-order valence-electron chi connectivity index (χ2n) is 8.30. The van der Waals surface area contributed by atoms with E-state index in [2.05, 4.69) is 32.5 Å². The van der Waals surface area contributed by atoms with Crippen LogP contribution >= 0.6 is 0 Å². The molecular weight excluding hydrogens is 414 g/mol. The fourth-order valence-electron chi connectivity index (χ4n) is 4.27. The first-order chi connectivity index (χ1) is 16.1. The summed E-state index contributed by atoms with van der Waals surface area (Å²) in [5, 5.41) is 14.4. The smallest absolute Gasteiger partial charge is 0.263 e. The maximum Gasteiger partial charge on any atom is 0.263 e. The number of H-pyrrole nitrogens is 1. The van der Waals surface area contributed by atoms with Gasteiger partial charge in [-0.2, -0.15) is 5.21 Å². The molecule has 33 heavy (non-hydrogen) atoms. The highest BCUT2D eigenvalue weighted by atomic mass is 16.1. The lowest BCUT2D eigenvalue weighted by molar-refractivity contribution is 0.673. The zero-order valence-corrected chi connectivity index (χ0v) is 18.9. The molecule has 8 nitrogen and oxygen atoms in total. The normalized spacial score (nSPS) is 14.9. The molecule has 0 spiro atoms. The summed E-state index contributed by atoms with van der Waals surface area (Å²) >= 11 is 0. The number of benzene rings is 2. The van der Waals surface area contributed by atoms with E-state index in [4.69, 9.17) is 4.98 Å². The number of unbranched alkanes of at least 4 members (excludes halogenated alkanes) is 1. The SMILES string of the molecule is CCCCc1nc2n(c(=O)c1-c1ccc(-c3ccccc3-c3nn[nH]n3)cc1)C(C)C(C)=N2. The topological polar surface area (TPSA) is 102 Å². The van der Waals surface area contributed by atoms with Gasteiger partial charge in [0.2, 0.25) is 11.8 Å². The molecule has 0 fully saturated rings. The first-order valence-electron chi connectivity index (χ1n) is 11.2. The predicted octanol–water partition coefficient (Wildman–Crippen LogP) is 4.77. The van der Waals surface area contributed by atoms with E-state index in [-0.39, 0.29) is 11.6 Å². The van der Waals surface area contributed by atoms with Gasteiger partial charge in [-0.3, -0.25) is 9.36 Å². The van der Waals surface area contributed by atoms with Crippen molar-refractivity contribution in [2.45, 2.75) is 46.1 Å². The van der Waals surface area contributed by atoms with Crippen LogP contribution in [-0.4, -0.2) is 35.9 Å². The Bertz CT molecular complexity index is 1390. The molecule has 5 rings (SSSR count). The van der Waals surface area contributed by atoms with E-state index in [1.165, 1.54) is 0 Å². The number of tetrazole rings is 1. The highest BCUT2D eigenvalue weighted by molar-refractivity contribution is 5.90. The first kappa shape index (κ1) is 20.9. The Hall–Kier alpha value is -3.94. The molecular formula is C25H25N7O. The minimum atomic E-state index is -0.0833. The molecule has 0 bridgehead atoms. The van der Waals surface area contributed by atoms with Crippen LogP contribution in [0, 0.1) is 0 Å². The molecule has 1 aliphatic heterocycles. The molecule has 8 heteroatoms. The summed E-state index contributed by atoms with van der Waals surface area (Å²) in [5.41, 5.74) is 6.13. The molecule has 4 aromatic rings. The van der Waals surface area contributed by atoms with Gasteiger partial charge in [0.25, 0.3) is 5.56 Å². The lowest BCUT2D eigenvalue weighted by Crippen LogP contribution is -2.26. The van der Waals surface area contributed by atoms with Crippen molar-refractivity contribution in [1.29, 1.82) is 0 Å². The quantitative estimate of drug-likeness (QED) is 0.466. The van der Waals surface area contributed by atoms with Crippen molar-refractivity contribution in [1.82, 2.24) is 30.2 Å². The van der Waals surface area contributed by atoms with E-state index in [1.54, 1.807) is 4.57 Å². The van der Waals surface area contributed by atoms with E-state index in [0.717, 1.165) is 52.9 Å². The number of aromatic nitrogens is 6. The lowest BCUT2D eigenvalue weighted by Gasteiger charge is -2.15. The number of hydrogen-bond donors (Lipinski definition) is 1. The van der Waals surface area contributed by atoms with Gasteiger partial charge in [0.15, 0.2) is 0 Å². The second kappa shape index (κ2) is 8.54.